The maximum atomic E-state index is 10.1. The summed E-state index contributed by atoms with van der Waals surface area (Å²) in [5.41, 5.74) is -0.822. The van der Waals surface area contributed by atoms with Crippen molar-refractivity contribution in [3.8, 4) is 0 Å². The van der Waals surface area contributed by atoms with Crippen LogP contribution in [0.5, 0.6) is 0 Å². The van der Waals surface area contributed by atoms with Crippen LogP contribution in [0.3, 0.4) is 0 Å². The molecule has 108 valence electrons. The van der Waals surface area contributed by atoms with Gasteiger partial charge >= 0.3 is 11.9 Å². The molecule has 18 heavy (non-hydrogen) atoms. The molecular formula is C12H24O6. The molecular weight excluding hydrogens is 240 g/mol. The maximum absolute atomic E-state index is 10.1. The predicted molar refractivity (Wildman–Crippen MR) is 65.2 cm³/mol. The van der Waals surface area contributed by atoms with Gasteiger partial charge in [-0.2, -0.15) is 9.78 Å². The van der Waals surface area contributed by atoms with Gasteiger partial charge in [-0.25, -0.2) is 9.59 Å². The van der Waals surface area contributed by atoms with Gasteiger partial charge in [-0.3, -0.25) is 9.78 Å². The third-order valence-electron chi connectivity index (χ3n) is 0.818. The fraction of sp³-hybridized carbons (Fsp3) is 0.833. The zero-order chi connectivity index (χ0) is 15.0. The first-order valence-electron chi connectivity index (χ1n) is 5.56. The second kappa shape index (κ2) is 8.05. The minimum Gasteiger partial charge on any atom is -0.298 e. The van der Waals surface area contributed by atoms with Gasteiger partial charge in [0.25, 0.3) is 0 Å². The second-order valence-electron chi connectivity index (χ2n) is 5.54. The summed E-state index contributed by atoms with van der Waals surface area (Å²) in [6, 6.07) is 0. The van der Waals surface area contributed by atoms with E-state index in [1.807, 2.05) is 0 Å². The van der Waals surface area contributed by atoms with E-state index < -0.39 is 23.1 Å². The lowest BCUT2D eigenvalue weighted by molar-refractivity contribution is -0.318. The third-order valence-corrected chi connectivity index (χ3v) is 0.818. The smallest absolute Gasteiger partial charge is 0.298 e. The van der Waals surface area contributed by atoms with E-state index in [-0.39, 0.29) is 0 Å². The van der Waals surface area contributed by atoms with Crippen LogP contribution in [0.2, 0.25) is 0 Å². The van der Waals surface area contributed by atoms with Crippen molar-refractivity contribution in [2.24, 2.45) is 0 Å². The normalized spacial score (nSPS) is 11.1. The monoisotopic (exact) mass is 264 g/mol. The van der Waals surface area contributed by atoms with Crippen LogP contribution in [0.15, 0.2) is 0 Å². The molecule has 0 amide bonds. The molecule has 0 aliphatic heterocycles. The molecule has 0 aromatic carbocycles. The highest BCUT2D eigenvalue weighted by atomic mass is 17.2. The highest BCUT2D eigenvalue weighted by molar-refractivity contribution is 5.65. The molecule has 0 spiro atoms. The van der Waals surface area contributed by atoms with Gasteiger partial charge in [-0.1, -0.05) is 0 Å². The molecule has 0 bridgehead atoms. The lowest BCUT2D eigenvalue weighted by Crippen LogP contribution is -2.20. The van der Waals surface area contributed by atoms with Crippen LogP contribution in [-0.2, 0) is 29.1 Å². The molecule has 0 unspecified atom stereocenters. The molecule has 0 aliphatic carbocycles. The number of carbonyl (C=O) groups excluding carboxylic acids is 2. The molecule has 0 N–H and O–H groups in total. The van der Waals surface area contributed by atoms with Crippen LogP contribution in [0.4, 0.5) is 0 Å². The quantitative estimate of drug-likeness (QED) is 0.564. The summed E-state index contributed by atoms with van der Waals surface area (Å²) in [5.74, 6) is -0.852. The molecule has 0 rings (SSSR count). The lowest BCUT2D eigenvalue weighted by Gasteiger charge is -2.15. The van der Waals surface area contributed by atoms with E-state index in [2.05, 4.69) is 19.6 Å². The average molecular weight is 264 g/mol. The molecule has 6 nitrogen and oxygen atoms in total. The Kier molecular flexibility index (Phi) is 8.59. The summed E-state index contributed by atoms with van der Waals surface area (Å²) < 4.78 is 0. The Morgan fingerprint density at radius 3 is 0.944 bits per heavy atom. The Morgan fingerprint density at radius 1 is 0.667 bits per heavy atom. The van der Waals surface area contributed by atoms with Crippen molar-refractivity contribution in [2.75, 3.05) is 0 Å². The van der Waals surface area contributed by atoms with Crippen molar-refractivity contribution in [3.63, 3.8) is 0 Å². The fourth-order valence-electron chi connectivity index (χ4n) is 0.367. The maximum Gasteiger partial charge on any atom is 0.339 e. The van der Waals surface area contributed by atoms with Crippen molar-refractivity contribution in [3.05, 3.63) is 0 Å². The Labute approximate surface area is 108 Å². The van der Waals surface area contributed by atoms with E-state index in [1.165, 1.54) is 13.8 Å². The fourth-order valence-corrected chi connectivity index (χ4v) is 0.367. The molecule has 0 aliphatic rings. The summed E-state index contributed by atoms with van der Waals surface area (Å²) >= 11 is 0. The molecule has 0 atom stereocenters. The Bertz CT molecular complexity index is 231. The van der Waals surface area contributed by atoms with Gasteiger partial charge in [-0.15, -0.1) is 0 Å². The zero-order valence-electron chi connectivity index (χ0n) is 12.4. The third kappa shape index (κ3) is 24.2. The van der Waals surface area contributed by atoms with Gasteiger partial charge in [0, 0.05) is 13.8 Å². The zero-order valence-corrected chi connectivity index (χ0v) is 12.4. The van der Waals surface area contributed by atoms with Crippen molar-refractivity contribution in [1.29, 1.82) is 0 Å². The van der Waals surface area contributed by atoms with Crippen molar-refractivity contribution in [1.82, 2.24) is 0 Å². The summed E-state index contributed by atoms with van der Waals surface area (Å²) in [6.07, 6.45) is 0. The van der Waals surface area contributed by atoms with Gasteiger partial charge in [0.1, 0.15) is 11.2 Å². The minimum atomic E-state index is -0.426. The largest absolute Gasteiger partial charge is 0.339 e. The number of hydrogen-bond acceptors (Lipinski definition) is 6. The molecule has 0 saturated carbocycles. The minimum absolute atomic E-state index is 0.411. The first-order valence-corrected chi connectivity index (χ1v) is 5.56. The topological polar surface area (TPSA) is 71.1 Å². The van der Waals surface area contributed by atoms with Crippen LogP contribution in [-0.4, -0.2) is 23.1 Å². The lowest BCUT2D eigenvalue weighted by atomic mass is 10.2. The van der Waals surface area contributed by atoms with E-state index in [0.717, 1.165) is 0 Å². The Hall–Kier alpha value is -1.14. The molecule has 0 radical (unpaired) electrons. The van der Waals surface area contributed by atoms with Gasteiger partial charge in [0.05, 0.1) is 0 Å². The summed E-state index contributed by atoms with van der Waals surface area (Å²) in [4.78, 5) is 38.1. The van der Waals surface area contributed by atoms with E-state index in [1.54, 1.807) is 41.5 Å². The van der Waals surface area contributed by atoms with Gasteiger partial charge < -0.3 is 0 Å². The number of rotatable bonds is 2. The van der Waals surface area contributed by atoms with Gasteiger partial charge in [0.2, 0.25) is 0 Å². The predicted octanol–water partition coefficient (Wildman–Crippen LogP) is 2.56. The molecule has 0 heterocycles. The summed E-state index contributed by atoms with van der Waals surface area (Å²) in [6.45, 7) is 13.4. The molecule has 0 saturated heterocycles. The summed E-state index contributed by atoms with van der Waals surface area (Å²) in [5, 5.41) is 0. The van der Waals surface area contributed by atoms with Crippen LogP contribution in [0, 0.1) is 0 Å². The van der Waals surface area contributed by atoms with Gasteiger partial charge in [-0.05, 0) is 41.5 Å². The van der Waals surface area contributed by atoms with Crippen molar-refractivity contribution in [2.45, 2.75) is 66.6 Å². The molecule has 0 aromatic heterocycles. The van der Waals surface area contributed by atoms with Crippen LogP contribution in [0.1, 0.15) is 55.4 Å². The van der Waals surface area contributed by atoms with Crippen LogP contribution in [0.25, 0.3) is 0 Å². The van der Waals surface area contributed by atoms with Gasteiger partial charge in [0.15, 0.2) is 0 Å². The Morgan fingerprint density at radius 2 is 0.889 bits per heavy atom. The standard InChI is InChI=1S/2C6H12O3/c2*1-5(7)8-9-6(2,3)4/h2*1-4H3. The van der Waals surface area contributed by atoms with E-state index >= 15 is 0 Å². The first-order chi connectivity index (χ1) is 7.83. The van der Waals surface area contributed by atoms with Crippen LogP contribution < -0.4 is 0 Å². The SMILES string of the molecule is CC(=O)OOC(C)(C)C.CC(=O)OOC(C)(C)C. The second-order valence-corrected chi connectivity index (χ2v) is 5.54. The average Bonchev–Trinajstić information content (AvgIpc) is 2.10. The molecule has 0 aromatic rings. The van der Waals surface area contributed by atoms with Crippen molar-refractivity contribution < 1.29 is 29.1 Å². The first kappa shape index (κ1) is 19.2. The Balaban J connectivity index is 0. The van der Waals surface area contributed by atoms with E-state index in [4.69, 9.17) is 0 Å². The van der Waals surface area contributed by atoms with Crippen molar-refractivity contribution >= 4 is 11.9 Å². The molecule has 0 fully saturated rings. The summed E-state index contributed by atoms with van der Waals surface area (Å²) in [7, 11) is 0. The number of hydrogen-bond donors (Lipinski definition) is 0. The number of carbonyl (C=O) groups is 2. The van der Waals surface area contributed by atoms with E-state index in [9.17, 15) is 9.59 Å². The molecule has 6 heteroatoms. The van der Waals surface area contributed by atoms with Crippen LogP contribution >= 0.6 is 0 Å². The highest BCUT2D eigenvalue weighted by Crippen LogP contribution is 2.07. The highest BCUT2D eigenvalue weighted by Gasteiger charge is 2.13. The van der Waals surface area contributed by atoms with E-state index in [0.29, 0.717) is 0 Å².